The topological polar surface area (TPSA) is 68.0 Å². The third kappa shape index (κ3) is 2.52. The van der Waals surface area contributed by atoms with Gasteiger partial charge in [0.05, 0.1) is 11.4 Å². The Bertz CT molecular complexity index is 935. The number of nitrogens with one attached hydrogen (secondary N) is 1. The molecule has 6 heteroatoms. The highest BCUT2D eigenvalue weighted by atomic mass is 79.9. The van der Waals surface area contributed by atoms with E-state index in [1.807, 2.05) is 24.3 Å². The Balaban J connectivity index is 1.73. The van der Waals surface area contributed by atoms with E-state index in [1.54, 1.807) is 0 Å². The Morgan fingerprint density at radius 1 is 1.30 bits per heavy atom. The Morgan fingerprint density at radius 3 is 2.96 bits per heavy atom. The van der Waals surface area contributed by atoms with Crippen LogP contribution in [-0.2, 0) is 12.8 Å². The lowest BCUT2D eigenvalue weighted by Crippen LogP contribution is -2.12. The summed E-state index contributed by atoms with van der Waals surface area (Å²) in [7, 11) is 0. The van der Waals surface area contributed by atoms with Crippen molar-refractivity contribution in [2.24, 2.45) is 0 Å². The molecule has 116 valence electrons. The van der Waals surface area contributed by atoms with Crippen LogP contribution in [0, 0.1) is 0 Å². The van der Waals surface area contributed by atoms with E-state index >= 15 is 0 Å². The number of benzene rings is 1. The first kappa shape index (κ1) is 14.7. The van der Waals surface area contributed by atoms with E-state index in [0.717, 1.165) is 45.3 Å². The van der Waals surface area contributed by atoms with Gasteiger partial charge >= 0.3 is 0 Å². The molecule has 0 aliphatic heterocycles. The molecule has 4 nitrogen and oxygen atoms in total. The first-order chi connectivity index (χ1) is 11.1. The van der Waals surface area contributed by atoms with Crippen molar-refractivity contribution < 1.29 is 4.79 Å². The van der Waals surface area contributed by atoms with Gasteiger partial charge in [-0.15, -0.1) is 11.3 Å². The summed E-state index contributed by atoms with van der Waals surface area (Å²) < 4.78 is 0.838. The van der Waals surface area contributed by atoms with Gasteiger partial charge in [0.15, 0.2) is 0 Å². The van der Waals surface area contributed by atoms with Crippen molar-refractivity contribution in [3.8, 4) is 0 Å². The molecule has 3 aromatic rings. The van der Waals surface area contributed by atoms with Crippen LogP contribution in [-0.4, -0.2) is 10.9 Å². The van der Waals surface area contributed by atoms with Gasteiger partial charge in [-0.25, -0.2) is 4.98 Å². The maximum Gasteiger partial charge on any atom is 0.267 e. The van der Waals surface area contributed by atoms with Crippen LogP contribution < -0.4 is 11.1 Å². The number of halogens is 1. The summed E-state index contributed by atoms with van der Waals surface area (Å²) in [6.07, 6.45) is 3.21. The standard InChI is InChI=1S/C17H14BrN3OS/c18-11-5-1-2-6-13(11)20-16(22)15-14(19)10-8-9-4-3-7-12(9)21-17(10)23-15/h1-2,5-6,8H,3-4,7,19H2,(H,20,22). The molecular formula is C17H14BrN3OS. The third-order valence-corrected chi connectivity index (χ3v) is 5.88. The van der Waals surface area contributed by atoms with Crippen LogP contribution in [0.4, 0.5) is 11.4 Å². The lowest BCUT2D eigenvalue weighted by molar-refractivity contribution is 0.103. The fourth-order valence-electron chi connectivity index (χ4n) is 2.91. The van der Waals surface area contributed by atoms with Gasteiger partial charge in [-0.05, 0) is 59.0 Å². The number of hydrogen-bond acceptors (Lipinski definition) is 4. The number of nitrogens with zero attached hydrogens (tertiary/aromatic N) is 1. The van der Waals surface area contributed by atoms with Crippen molar-refractivity contribution in [3.63, 3.8) is 0 Å². The molecule has 1 amide bonds. The second kappa shape index (κ2) is 5.62. The number of nitrogens with two attached hydrogens (primary N) is 1. The minimum Gasteiger partial charge on any atom is -0.397 e. The van der Waals surface area contributed by atoms with Crippen LogP contribution in [0.2, 0.25) is 0 Å². The second-order valence-electron chi connectivity index (χ2n) is 5.58. The largest absolute Gasteiger partial charge is 0.397 e. The van der Waals surface area contributed by atoms with E-state index in [9.17, 15) is 4.79 Å². The SMILES string of the molecule is Nc1c(C(=O)Nc2ccccc2Br)sc2nc3c(cc12)CCC3. The Hall–Kier alpha value is -1.92. The number of aryl methyl sites for hydroxylation is 2. The van der Waals surface area contributed by atoms with Crippen LogP contribution in [0.1, 0.15) is 27.3 Å². The van der Waals surface area contributed by atoms with Crippen molar-refractivity contribution in [1.82, 2.24) is 4.98 Å². The fourth-order valence-corrected chi connectivity index (χ4v) is 4.28. The molecule has 0 unspecified atom stereocenters. The molecule has 0 saturated heterocycles. The summed E-state index contributed by atoms with van der Waals surface area (Å²) in [5, 5.41) is 3.80. The summed E-state index contributed by atoms with van der Waals surface area (Å²) in [5.74, 6) is -0.197. The fraction of sp³-hybridized carbons (Fsp3) is 0.176. The Morgan fingerprint density at radius 2 is 2.13 bits per heavy atom. The number of para-hydroxylation sites is 1. The van der Waals surface area contributed by atoms with Crippen LogP contribution in [0.3, 0.4) is 0 Å². The van der Waals surface area contributed by atoms with Crippen molar-refractivity contribution in [2.45, 2.75) is 19.3 Å². The number of nitrogen functional groups attached to an aromatic ring is 1. The molecule has 1 aliphatic carbocycles. The average Bonchev–Trinajstić information content (AvgIpc) is 3.12. The monoisotopic (exact) mass is 387 g/mol. The Kier molecular flexibility index (Phi) is 3.58. The highest BCUT2D eigenvalue weighted by Crippen LogP contribution is 2.36. The van der Waals surface area contributed by atoms with Crippen molar-refractivity contribution in [2.75, 3.05) is 11.1 Å². The molecule has 3 N–H and O–H groups in total. The zero-order valence-corrected chi connectivity index (χ0v) is 14.6. The molecule has 23 heavy (non-hydrogen) atoms. The zero-order valence-electron chi connectivity index (χ0n) is 12.2. The van der Waals surface area contributed by atoms with Crippen molar-refractivity contribution in [3.05, 3.63) is 50.9 Å². The number of fused-ring (bicyclic) bond motifs is 2. The van der Waals surface area contributed by atoms with Gasteiger partial charge in [0, 0.05) is 15.6 Å². The minimum absolute atomic E-state index is 0.197. The normalized spacial score (nSPS) is 13.3. The highest BCUT2D eigenvalue weighted by Gasteiger charge is 2.21. The van der Waals surface area contributed by atoms with Gasteiger partial charge in [0.1, 0.15) is 9.71 Å². The number of pyridine rings is 1. The summed E-state index contributed by atoms with van der Waals surface area (Å²) >= 11 is 4.79. The lowest BCUT2D eigenvalue weighted by Gasteiger charge is -2.06. The predicted octanol–water partition coefficient (Wildman–Crippen LogP) is 4.38. The zero-order chi connectivity index (χ0) is 16.0. The maximum atomic E-state index is 12.6. The molecule has 0 fully saturated rings. The number of hydrogen-bond donors (Lipinski definition) is 2. The molecule has 4 rings (SSSR count). The highest BCUT2D eigenvalue weighted by molar-refractivity contribution is 9.10. The number of carbonyl (C=O) groups is 1. The van der Waals surface area contributed by atoms with Gasteiger partial charge in [0.2, 0.25) is 0 Å². The number of aromatic nitrogens is 1. The minimum atomic E-state index is -0.197. The molecule has 0 bridgehead atoms. The van der Waals surface area contributed by atoms with E-state index in [1.165, 1.54) is 16.9 Å². The molecule has 1 aromatic carbocycles. The smallest absolute Gasteiger partial charge is 0.267 e. The Labute approximate surface area is 145 Å². The van der Waals surface area contributed by atoms with Crippen molar-refractivity contribution >= 4 is 54.8 Å². The predicted molar refractivity (Wildman–Crippen MR) is 98.2 cm³/mol. The third-order valence-electron chi connectivity index (χ3n) is 4.08. The maximum absolute atomic E-state index is 12.6. The molecule has 0 saturated carbocycles. The molecular weight excluding hydrogens is 374 g/mol. The number of amides is 1. The van der Waals surface area contributed by atoms with E-state index in [-0.39, 0.29) is 5.91 Å². The van der Waals surface area contributed by atoms with Gasteiger partial charge in [-0.2, -0.15) is 0 Å². The van der Waals surface area contributed by atoms with Crippen LogP contribution >= 0.6 is 27.3 Å². The molecule has 1 aliphatic rings. The van der Waals surface area contributed by atoms with Crippen LogP contribution in [0.5, 0.6) is 0 Å². The number of rotatable bonds is 2. The van der Waals surface area contributed by atoms with E-state index in [4.69, 9.17) is 10.7 Å². The quantitative estimate of drug-likeness (QED) is 0.685. The second-order valence-corrected chi connectivity index (χ2v) is 7.43. The molecule has 0 radical (unpaired) electrons. The molecule has 0 spiro atoms. The number of anilines is 2. The molecule has 2 aromatic heterocycles. The summed E-state index contributed by atoms with van der Waals surface area (Å²) in [5.41, 5.74) is 9.89. The van der Waals surface area contributed by atoms with Crippen LogP contribution in [0.15, 0.2) is 34.8 Å². The van der Waals surface area contributed by atoms with E-state index < -0.39 is 0 Å². The number of carbonyl (C=O) groups excluding carboxylic acids is 1. The molecule has 0 atom stereocenters. The summed E-state index contributed by atoms with van der Waals surface area (Å²) in [6, 6.07) is 9.61. The first-order valence-electron chi connectivity index (χ1n) is 7.40. The van der Waals surface area contributed by atoms with E-state index in [0.29, 0.717) is 10.6 Å². The lowest BCUT2D eigenvalue weighted by atomic mass is 10.1. The summed E-state index contributed by atoms with van der Waals surface area (Å²) in [6.45, 7) is 0. The van der Waals surface area contributed by atoms with Gasteiger partial charge < -0.3 is 11.1 Å². The van der Waals surface area contributed by atoms with E-state index in [2.05, 4.69) is 27.3 Å². The van der Waals surface area contributed by atoms with Crippen molar-refractivity contribution in [1.29, 1.82) is 0 Å². The average molecular weight is 388 g/mol. The van der Waals surface area contributed by atoms with Crippen LogP contribution in [0.25, 0.3) is 10.2 Å². The number of thiophene rings is 1. The van der Waals surface area contributed by atoms with Gasteiger partial charge in [-0.3, -0.25) is 4.79 Å². The van der Waals surface area contributed by atoms with Gasteiger partial charge in [-0.1, -0.05) is 12.1 Å². The first-order valence-corrected chi connectivity index (χ1v) is 9.01. The summed E-state index contributed by atoms with van der Waals surface area (Å²) in [4.78, 5) is 18.6. The van der Waals surface area contributed by atoms with Gasteiger partial charge in [0.25, 0.3) is 5.91 Å². The molecule has 2 heterocycles.